The average Bonchev–Trinajstić information content (AvgIpc) is 2.34. The first-order valence-electron chi connectivity index (χ1n) is 5.30. The van der Waals surface area contributed by atoms with Gasteiger partial charge >= 0.3 is 0 Å². The van der Waals surface area contributed by atoms with E-state index in [4.69, 9.17) is 34.8 Å². The van der Waals surface area contributed by atoms with Crippen LogP contribution in [0.3, 0.4) is 0 Å². The molecule has 2 aromatic carbocycles. The SMILES string of the molecule is O=C(Cc1c(Cl)cccc1Cl)c1ccccc1Cl. The molecule has 0 aromatic heterocycles. The molecule has 2 rings (SSSR count). The van der Waals surface area contributed by atoms with Gasteiger partial charge in [0.2, 0.25) is 0 Å². The van der Waals surface area contributed by atoms with Crippen molar-refractivity contribution in [3.63, 3.8) is 0 Å². The van der Waals surface area contributed by atoms with Crippen LogP contribution in [0.4, 0.5) is 0 Å². The zero-order valence-corrected chi connectivity index (χ0v) is 11.6. The summed E-state index contributed by atoms with van der Waals surface area (Å²) in [5.74, 6) is -0.101. The lowest BCUT2D eigenvalue weighted by Gasteiger charge is -2.07. The molecule has 0 radical (unpaired) electrons. The summed E-state index contributed by atoms with van der Waals surface area (Å²) in [6.45, 7) is 0. The number of carbonyl (C=O) groups excluding carboxylic acids is 1. The van der Waals surface area contributed by atoms with Gasteiger partial charge in [-0.2, -0.15) is 0 Å². The van der Waals surface area contributed by atoms with Crippen molar-refractivity contribution in [2.75, 3.05) is 0 Å². The summed E-state index contributed by atoms with van der Waals surface area (Å²) in [7, 11) is 0. The van der Waals surface area contributed by atoms with E-state index in [1.165, 1.54) is 0 Å². The van der Waals surface area contributed by atoms with Crippen molar-refractivity contribution in [3.05, 3.63) is 68.7 Å². The second-order valence-corrected chi connectivity index (χ2v) is 5.00. The van der Waals surface area contributed by atoms with Crippen molar-refractivity contribution in [3.8, 4) is 0 Å². The molecule has 4 heteroatoms. The average molecular weight is 300 g/mol. The lowest BCUT2D eigenvalue weighted by atomic mass is 10.0. The molecular formula is C14H9Cl3O. The molecule has 0 atom stereocenters. The van der Waals surface area contributed by atoms with Crippen LogP contribution in [-0.4, -0.2) is 5.78 Å². The minimum absolute atomic E-state index is 0.101. The third-order valence-corrected chi connectivity index (χ3v) is 3.61. The van der Waals surface area contributed by atoms with Gasteiger partial charge in [-0.3, -0.25) is 4.79 Å². The van der Waals surface area contributed by atoms with Crippen molar-refractivity contribution in [1.29, 1.82) is 0 Å². The maximum atomic E-state index is 12.1. The third kappa shape index (κ3) is 2.86. The van der Waals surface area contributed by atoms with E-state index in [1.807, 2.05) is 0 Å². The fourth-order valence-electron chi connectivity index (χ4n) is 1.64. The fraction of sp³-hybridized carbons (Fsp3) is 0.0714. The molecule has 2 aromatic rings. The lowest BCUT2D eigenvalue weighted by Crippen LogP contribution is -2.05. The van der Waals surface area contributed by atoms with E-state index < -0.39 is 0 Å². The summed E-state index contributed by atoms with van der Waals surface area (Å²) >= 11 is 18.0. The molecular weight excluding hydrogens is 291 g/mol. The first kappa shape index (κ1) is 13.4. The molecule has 0 bridgehead atoms. The monoisotopic (exact) mass is 298 g/mol. The van der Waals surface area contributed by atoms with Crippen LogP contribution in [0.15, 0.2) is 42.5 Å². The van der Waals surface area contributed by atoms with Crippen molar-refractivity contribution in [1.82, 2.24) is 0 Å². The van der Waals surface area contributed by atoms with Gasteiger partial charge in [-0.1, -0.05) is 53.0 Å². The summed E-state index contributed by atoms with van der Waals surface area (Å²) in [6, 6.07) is 12.1. The van der Waals surface area contributed by atoms with Gasteiger partial charge in [-0.15, -0.1) is 0 Å². The summed E-state index contributed by atoms with van der Waals surface area (Å²) in [5, 5.41) is 1.41. The molecule has 0 aliphatic carbocycles. The molecule has 18 heavy (non-hydrogen) atoms. The van der Waals surface area contributed by atoms with Crippen molar-refractivity contribution in [2.45, 2.75) is 6.42 Å². The molecule has 0 saturated carbocycles. The van der Waals surface area contributed by atoms with Gasteiger partial charge in [-0.05, 0) is 29.8 Å². The second kappa shape index (κ2) is 5.75. The van der Waals surface area contributed by atoms with Gasteiger partial charge in [-0.25, -0.2) is 0 Å². The molecule has 0 amide bonds. The maximum Gasteiger partial charge on any atom is 0.168 e. The van der Waals surface area contributed by atoms with E-state index in [1.54, 1.807) is 42.5 Å². The largest absolute Gasteiger partial charge is 0.294 e. The number of benzene rings is 2. The second-order valence-electron chi connectivity index (χ2n) is 3.78. The summed E-state index contributed by atoms with van der Waals surface area (Å²) in [5.41, 5.74) is 1.11. The summed E-state index contributed by atoms with van der Waals surface area (Å²) < 4.78 is 0. The Balaban J connectivity index is 2.30. The van der Waals surface area contributed by atoms with Crippen LogP contribution >= 0.6 is 34.8 Å². The van der Waals surface area contributed by atoms with E-state index in [-0.39, 0.29) is 12.2 Å². The molecule has 0 aliphatic rings. The number of ketones is 1. The zero-order chi connectivity index (χ0) is 13.1. The highest BCUT2D eigenvalue weighted by atomic mass is 35.5. The predicted molar refractivity (Wildman–Crippen MR) is 75.9 cm³/mol. The Labute approximate surface area is 120 Å². The minimum Gasteiger partial charge on any atom is -0.294 e. The third-order valence-electron chi connectivity index (χ3n) is 2.57. The molecule has 92 valence electrons. The Bertz CT molecular complexity index is 573. The summed E-state index contributed by atoms with van der Waals surface area (Å²) in [6.07, 6.45) is 0.141. The first-order valence-corrected chi connectivity index (χ1v) is 6.43. The number of halogens is 3. The summed E-state index contributed by atoms with van der Waals surface area (Å²) in [4.78, 5) is 12.1. The number of rotatable bonds is 3. The molecule has 1 nitrogen and oxygen atoms in total. The lowest BCUT2D eigenvalue weighted by molar-refractivity contribution is 0.0993. The standard InChI is InChI=1S/C14H9Cl3O/c15-11-5-2-1-4-9(11)14(18)8-10-12(16)6-3-7-13(10)17/h1-7H,8H2. The molecule has 0 spiro atoms. The normalized spacial score (nSPS) is 10.4. The van der Waals surface area contributed by atoms with Crippen molar-refractivity contribution >= 4 is 40.6 Å². The Kier molecular flexibility index (Phi) is 4.28. The molecule has 0 saturated heterocycles. The molecule has 0 heterocycles. The highest BCUT2D eigenvalue weighted by Gasteiger charge is 2.14. The van der Waals surface area contributed by atoms with Crippen LogP contribution in [0.2, 0.25) is 15.1 Å². The Hall–Kier alpha value is -1.02. The first-order chi connectivity index (χ1) is 8.59. The molecule has 0 aliphatic heterocycles. The number of Topliss-reactive ketones (excluding diaryl/α,β-unsaturated/α-hetero) is 1. The van der Waals surface area contributed by atoms with E-state index in [0.29, 0.717) is 26.2 Å². The number of hydrogen-bond acceptors (Lipinski definition) is 1. The van der Waals surface area contributed by atoms with E-state index in [0.717, 1.165) is 0 Å². The quantitative estimate of drug-likeness (QED) is 0.723. The fourth-order valence-corrected chi connectivity index (χ4v) is 2.42. The van der Waals surface area contributed by atoms with E-state index in [2.05, 4.69) is 0 Å². The molecule has 0 N–H and O–H groups in total. The van der Waals surface area contributed by atoms with E-state index >= 15 is 0 Å². The minimum atomic E-state index is -0.101. The Morgan fingerprint density at radius 1 is 0.833 bits per heavy atom. The van der Waals surface area contributed by atoms with Gasteiger partial charge in [0.1, 0.15) is 0 Å². The van der Waals surface area contributed by atoms with Gasteiger partial charge < -0.3 is 0 Å². The number of carbonyl (C=O) groups is 1. The number of hydrogen-bond donors (Lipinski definition) is 0. The smallest absolute Gasteiger partial charge is 0.168 e. The van der Waals surface area contributed by atoms with Gasteiger partial charge in [0.05, 0.1) is 5.02 Å². The van der Waals surface area contributed by atoms with Gasteiger partial charge in [0.15, 0.2) is 5.78 Å². The molecule has 0 fully saturated rings. The predicted octanol–water partition coefficient (Wildman–Crippen LogP) is 5.07. The van der Waals surface area contributed by atoms with Gasteiger partial charge in [0.25, 0.3) is 0 Å². The van der Waals surface area contributed by atoms with Crippen LogP contribution in [-0.2, 0) is 6.42 Å². The Morgan fingerprint density at radius 2 is 1.39 bits per heavy atom. The van der Waals surface area contributed by atoms with Crippen LogP contribution in [0.5, 0.6) is 0 Å². The topological polar surface area (TPSA) is 17.1 Å². The van der Waals surface area contributed by atoms with Crippen molar-refractivity contribution in [2.24, 2.45) is 0 Å². The molecule has 0 unspecified atom stereocenters. The Morgan fingerprint density at radius 3 is 2.00 bits per heavy atom. The van der Waals surface area contributed by atoms with Crippen LogP contribution in [0, 0.1) is 0 Å². The van der Waals surface area contributed by atoms with Crippen LogP contribution in [0.1, 0.15) is 15.9 Å². The van der Waals surface area contributed by atoms with Crippen LogP contribution in [0.25, 0.3) is 0 Å². The highest BCUT2D eigenvalue weighted by Crippen LogP contribution is 2.26. The van der Waals surface area contributed by atoms with Crippen molar-refractivity contribution < 1.29 is 4.79 Å². The zero-order valence-electron chi connectivity index (χ0n) is 9.29. The maximum absolute atomic E-state index is 12.1. The van der Waals surface area contributed by atoms with E-state index in [9.17, 15) is 4.79 Å². The highest BCUT2D eigenvalue weighted by molar-refractivity contribution is 6.37. The van der Waals surface area contributed by atoms with Gasteiger partial charge in [0, 0.05) is 22.0 Å². The van der Waals surface area contributed by atoms with Crippen LogP contribution < -0.4 is 0 Å².